The van der Waals surface area contributed by atoms with Crippen LogP contribution in [-0.2, 0) is 0 Å². The van der Waals surface area contributed by atoms with Crippen molar-refractivity contribution < 1.29 is 9.53 Å². The number of methoxy groups -OCH3 is 1. The molecule has 0 bridgehead atoms. The number of nitrogens with two attached hydrogens (primary N) is 1. The average Bonchev–Trinajstić information content (AvgIpc) is 2.42. The van der Waals surface area contributed by atoms with Crippen molar-refractivity contribution in [3.63, 3.8) is 0 Å². The fourth-order valence-corrected chi connectivity index (χ4v) is 1.94. The molecule has 20 heavy (non-hydrogen) atoms. The molecule has 0 atom stereocenters. The third-order valence-corrected chi connectivity index (χ3v) is 3.19. The predicted molar refractivity (Wildman–Crippen MR) is 81.3 cm³/mol. The molecule has 0 unspecified atom stereocenters. The van der Waals surface area contributed by atoms with Gasteiger partial charge in [0.15, 0.2) is 0 Å². The van der Waals surface area contributed by atoms with Gasteiger partial charge in [0.1, 0.15) is 5.75 Å². The lowest BCUT2D eigenvalue weighted by Gasteiger charge is -2.10. The molecule has 4 nitrogen and oxygen atoms in total. The lowest BCUT2D eigenvalue weighted by atomic mass is 10.1. The fourth-order valence-electron chi connectivity index (χ4n) is 1.94. The van der Waals surface area contributed by atoms with Gasteiger partial charge >= 0.3 is 0 Å². The average molecular weight is 270 g/mol. The van der Waals surface area contributed by atoms with E-state index < -0.39 is 0 Å². The highest BCUT2D eigenvalue weighted by atomic mass is 16.5. The highest BCUT2D eigenvalue weighted by molar-refractivity contribution is 6.04. The Balaban J connectivity index is 2.19. The van der Waals surface area contributed by atoms with E-state index in [1.54, 1.807) is 25.3 Å². The smallest absolute Gasteiger partial charge is 0.255 e. The Kier molecular flexibility index (Phi) is 3.94. The first kappa shape index (κ1) is 13.9. The molecule has 2 aromatic rings. The Morgan fingerprint density at radius 3 is 2.45 bits per heavy atom. The Hall–Kier alpha value is -2.49. The molecule has 1 amide bonds. The highest BCUT2D eigenvalue weighted by Gasteiger charge is 2.08. The van der Waals surface area contributed by atoms with E-state index in [-0.39, 0.29) is 5.91 Å². The number of carbonyl (C=O) groups excluding carboxylic acids is 1. The van der Waals surface area contributed by atoms with Crippen LogP contribution in [0.15, 0.2) is 36.4 Å². The Morgan fingerprint density at radius 2 is 1.85 bits per heavy atom. The summed E-state index contributed by atoms with van der Waals surface area (Å²) in [5.74, 6) is 0.615. The van der Waals surface area contributed by atoms with E-state index in [1.807, 2.05) is 32.0 Å². The molecule has 0 radical (unpaired) electrons. The van der Waals surface area contributed by atoms with Gasteiger partial charge in [0.05, 0.1) is 7.11 Å². The van der Waals surface area contributed by atoms with Crippen molar-refractivity contribution in [1.29, 1.82) is 0 Å². The first-order chi connectivity index (χ1) is 9.51. The Morgan fingerprint density at radius 1 is 1.10 bits per heavy atom. The number of hydrogen-bond donors (Lipinski definition) is 2. The van der Waals surface area contributed by atoms with Gasteiger partial charge in [-0.25, -0.2) is 0 Å². The van der Waals surface area contributed by atoms with Crippen molar-refractivity contribution in [1.82, 2.24) is 0 Å². The highest BCUT2D eigenvalue weighted by Crippen LogP contribution is 2.22. The van der Waals surface area contributed by atoms with Crippen LogP contribution in [0.2, 0.25) is 0 Å². The monoisotopic (exact) mass is 270 g/mol. The molecule has 4 heteroatoms. The molecule has 0 aromatic heterocycles. The summed E-state index contributed by atoms with van der Waals surface area (Å²) >= 11 is 0. The molecule has 0 spiro atoms. The van der Waals surface area contributed by atoms with E-state index in [9.17, 15) is 4.79 Å². The van der Waals surface area contributed by atoms with Crippen LogP contribution in [0.3, 0.4) is 0 Å². The van der Waals surface area contributed by atoms with Gasteiger partial charge in [0.25, 0.3) is 5.91 Å². The van der Waals surface area contributed by atoms with Crippen molar-refractivity contribution >= 4 is 17.3 Å². The number of aryl methyl sites for hydroxylation is 2. The normalized spacial score (nSPS) is 10.2. The van der Waals surface area contributed by atoms with Crippen LogP contribution in [0.25, 0.3) is 0 Å². The largest absolute Gasteiger partial charge is 0.496 e. The second-order valence-electron chi connectivity index (χ2n) is 4.71. The SMILES string of the molecule is COc1ccc(NC(=O)c2ccc(C)c(N)c2)cc1C. The summed E-state index contributed by atoms with van der Waals surface area (Å²) in [5.41, 5.74) is 9.63. The zero-order valence-electron chi connectivity index (χ0n) is 11.9. The van der Waals surface area contributed by atoms with Crippen LogP contribution >= 0.6 is 0 Å². The van der Waals surface area contributed by atoms with E-state index in [1.165, 1.54) is 0 Å². The predicted octanol–water partition coefficient (Wildman–Crippen LogP) is 3.15. The molecule has 0 aliphatic carbocycles. The maximum atomic E-state index is 12.1. The minimum atomic E-state index is -0.179. The van der Waals surface area contributed by atoms with Gasteiger partial charge in [-0.3, -0.25) is 4.79 Å². The number of nitrogen functional groups attached to an aromatic ring is 1. The number of amides is 1. The molecule has 2 rings (SSSR count). The number of anilines is 2. The topological polar surface area (TPSA) is 64.3 Å². The summed E-state index contributed by atoms with van der Waals surface area (Å²) in [6.45, 7) is 3.84. The van der Waals surface area contributed by atoms with E-state index in [0.29, 0.717) is 11.3 Å². The minimum absolute atomic E-state index is 0.179. The summed E-state index contributed by atoms with van der Waals surface area (Å²) in [6.07, 6.45) is 0. The molecule has 104 valence electrons. The summed E-state index contributed by atoms with van der Waals surface area (Å²) in [4.78, 5) is 12.1. The van der Waals surface area contributed by atoms with E-state index in [2.05, 4.69) is 5.32 Å². The van der Waals surface area contributed by atoms with Crippen LogP contribution in [-0.4, -0.2) is 13.0 Å². The van der Waals surface area contributed by atoms with Gasteiger partial charge in [-0.1, -0.05) is 6.07 Å². The molecule has 0 aliphatic rings. The van der Waals surface area contributed by atoms with Crippen molar-refractivity contribution in [2.75, 3.05) is 18.2 Å². The van der Waals surface area contributed by atoms with E-state index in [4.69, 9.17) is 10.5 Å². The molecule has 0 saturated heterocycles. The van der Waals surface area contributed by atoms with Crippen LogP contribution in [0.4, 0.5) is 11.4 Å². The second kappa shape index (κ2) is 5.65. The first-order valence-corrected chi connectivity index (χ1v) is 6.33. The molecule has 0 fully saturated rings. The number of ether oxygens (including phenoxy) is 1. The third-order valence-electron chi connectivity index (χ3n) is 3.19. The molecular weight excluding hydrogens is 252 g/mol. The van der Waals surface area contributed by atoms with Gasteiger partial charge in [0, 0.05) is 16.9 Å². The molecule has 0 saturated carbocycles. The standard InChI is InChI=1S/C16H18N2O2/c1-10-4-5-12(9-14(10)17)16(19)18-13-6-7-15(20-3)11(2)8-13/h4-9H,17H2,1-3H3,(H,18,19). The van der Waals surface area contributed by atoms with Gasteiger partial charge in [-0.15, -0.1) is 0 Å². The van der Waals surface area contributed by atoms with Gasteiger partial charge in [-0.05, 0) is 55.3 Å². The summed E-state index contributed by atoms with van der Waals surface area (Å²) in [5, 5.41) is 2.85. The lowest BCUT2D eigenvalue weighted by molar-refractivity contribution is 0.102. The third kappa shape index (κ3) is 2.91. The zero-order valence-corrected chi connectivity index (χ0v) is 11.9. The Bertz CT molecular complexity index is 651. The van der Waals surface area contributed by atoms with Gasteiger partial charge in [-0.2, -0.15) is 0 Å². The number of hydrogen-bond acceptors (Lipinski definition) is 3. The summed E-state index contributed by atoms with van der Waals surface area (Å²) in [6, 6.07) is 10.8. The molecular formula is C16H18N2O2. The summed E-state index contributed by atoms with van der Waals surface area (Å²) in [7, 11) is 1.62. The minimum Gasteiger partial charge on any atom is -0.496 e. The van der Waals surface area contributed by atoms with Crippen LogP contribution < -0.4 is 15.8 Å². The molecule has 0 heterocycles. The van der Waals surface area contributed by atoms with Crippen molar-refractivity contribution in [2.45, 2.75) is 13.8 Å². The number of benzene rings is 2. The van der Waals surface area contributed by atoms with Crippen LogP contribution in [0, 0.1) is 13.8 Å². The van der Waals surface area contributed by atoms with Crippen molar-refractivity contribution in [3.8, 4) is 5.75 Å². The second-order valence-corrected chi connectivity index (χ2v) is 4.71. The molecule has 0 aliphatic heterocycles. The van der Waals surface area contributed by atoms with Crippen LogP contribution in [0.1, 0.15) is 21.5 Å². The number of nitrogens with one attached hydrogen (secondary N) is 1. The van der Waals surface area contributed by atoms with Gasteiger partial charge < -0.3 is 15.8 Å². The van der Waals surface area contributed by atoms with E-state index >= 15 is 0 Å². The summed E-state index contributed by atoms with van der Waals surface area (Å²) < 4.78 is 5.19. The lowest BCUT2D eigenvalue weighted by Crippen LogP contribution is -2.12. The first-order valence-electron chi connectivity index (χ1n) is 6.33. The molecule has 3 N–H and O–H groups in total. The maximum Gasteiger partial charge on any atom is 0.255 e. The van der Waals surface area contributed by atoms with Crippen molar-refractivity contribution in [3.05, 3.63) is 53.1 Å². The quantitative estimate of drug-likeness (QED) is 0.842. The zero-order chi connectivity index (χ0) is 14.7. The number of carbonyl (C=O) groups is 1. The fraction of sp³-hybridized carbons (Fsp3) is 0.188. The Labute approximate surface area is 118 Å². The number of rotatable bonds is 3. The molecule has 2 aromatic carbocycles. The van der Waals surface area contributed by atoms with Crippen molar-refractivity contribution in [2.24, 2.45) is 0 Å². The van der Waals surface area contributed by atoms with E-state index in [0.717, 1.165) is 22.6 Å². The maximum absolute atomic E-state index is 12.1. The van der Waals surface area contributed by atoms with Crippen LogP contribution in [0.5, 0.6) is 5.75 Å². The van der Waals surface area contributed by atoms with Gasteiger partial charge in [0.2, 0.25) is 0 Å².